The highest BCUT2D eigenvalue weighted by molar-refractivity contribution is 7.07. The van der Waals surface area contributed by atoms with E-state index in [9.17, 15) is 4.79 Å². The Bertz CT molecular complexity index is 321. The van der Waals surface area contributed by atoms with E-state index in [1.165, 1.54) is 5.56 Å². The molecule has 16 heavy (non-hydrogen) atoms. The van der Waals surface area contributed by atoms with Crippen molar-refractivity contribution in [1.82, 2.24) is 10.2 Å². The molecule has 1 aliphatic heterocycles. The summed E-state index contributed by atoms with van der Waals surface area (Å²) in [5.41, 5.74) is 1.28. The van der Waals surface area contributed by atoms with Crippen molar-refractivity contribution < 1.29 is 9.53 Å². The summed E-state index contributed by atoms with van der Waals surface area (Å²) in [5, 5.41) is 7.09. The van der Waals surface area contributed by atoms with E-state index in [1.54, 1.807) is 16.2 Å². The van der Waals surface area contributed by atoms with E-state index in [0.29, 0.717) is 32.8 Å². The highest BCUT2D eigenvalue weighted by atomic mass is 32.1. The van der Waals surface area contributed by atoms with E-state index >= 15 is 0 Å². The lowest BCUT2D eigenvalue weighted by Crippen LogP contribution is -2.46. The van der Waals surface area contributed by atoms with Gasteiger partial charge in [0.2, 0.25) is 0 Å². The van der Waals surface area contributed by atoms with Crippen LogP contribution in [-0.2, 0) is 11.2 Å². The van der Waals surface area contributed by atoms with E-state index < -0.39 is 0 Å². The molecule has 1 fully saturated rings. The average molecular weight is 240 g/mol. The Morgan fingerprint density at radius 1 is 1.50 bits per heavy atom. The molecule has 88 valence electrons. The molecule has 5 heteroatoms. The van der Waals surface area contributed by atoms with Gasteiger partial charge in [0.15, 0.2) is 0 Å². The van der Waals surface area contributed by atoms with Crippen LogP contribution in [0.4, 0.5) is 4.79 Å². The number of amides is 2. The van der Waals surface area contributed by atoms with Crippen LogP contribution in [0.3, 0.4) is 0 Å². The summed E-state index contributed by atoms with van der Waals surface area (Å²) in [6, 6.07) is 2.12. The number of thiophene rings is 1. The highest BCUT2D eigenvalue weighted by Gasteiger charge is 2.15. The summed E-state index contributed by atoms with van der Waals surface area (Å²) in [6.07, 6.45) is 0.902. The molecule has 0 aliphatic carbocycles. The number of rotatable bonds is 3. The first-order chi connectivity index (χ1) is 7.86. The lowest BCUT2D eigenvalue weighted by molar-refractivity contribution is 0.0533. The van der Waals surface area contributed by atoms with Gasteiger partial charge in [0, 0.05) is 19.6 Å². The SMILES string of the molecule is O=C(NCCc1ccsc1)N1CCOCC1. The maximum atomic E-state index is 11.7. The second-order valence-electron chi connectivity index (χ2n) is 3.71. The normalized spacial score (nSPS) is 16.1. The highest BCUT2D eigenvalue weighted by Crippen LogP contribution is 2.05. The fourth-order valence-corrected chi connectivity index (χ4v) is 2.33. The Kier molecular flexibility index (Phi) is 4.18. The molecule has 0 aromatic carbocycles. The Morgan fingerprint density at radius 2 is 2.31 bits per heavy atom. The third-order valence-electron chi connectivity index (χ3n) is 2.57. The number of hydrogen-bond donors (Lipinski definition) is 1. The number of nitrogens with zero attached hydrogens (tertiary/aromatic N) is 1. The first kappa shape index (κ1) is 11.4. The quantitative estimate of drug-likeness (QED) is 0.866. The molecule has 1 saturated heterocycles. The molecule has 0 saturated carbocycles. The summed E-state index contributed by atoms with van der Waals surface area (Å²) < 4.78 is 5.19. The van der Waals surface area contributed by atoms with Crippen LogP contribution in [-0.4, -0.2) is 43.8 Å². The third-order valence-corrected chi connectivity index (χ3v) is 3.30. The minimum atomic E-state index is 0.0264. The summed E-state index contributed by atoms with van der Waals surface area (Å²) in [5.74, 6) is 0. The van der Waals surface area contributed by atoms with Crippen LogP contribution in [0.5, 0.6) is 0 Å². The van der Waals surface area contributed by atoms with Crippen molar-refractivity contribution in [1.29, 1.82) is 0 Å². The second-order valence-corrected chi connectivity index (χ2v) is 4.49. The summed E-state index contributed by atoms with van der Waals surface area (Å²) in [7, 11) is 0. The van der Waals surface area contributed by atoms with Gasteiger partial charge in [-0.1, -0.05) is 0 Å². The van der Waals surface area contributed by atoms with Crippen molar-refractivity contribution in [2.75, 3.05) is 32.8 Å². The molecule has 0 unspecified atom stereocenters. The molecule has 0 radical (unpaired) electrons. The molecular formula is C11H16N2O2S. The zero-order chi connectivity index (χ0) is 11.2. The molecule has 1 N–H and O–H groups in total. The minimum absolute atomic E-state index is 0.0264. The molecule has 2 rings (SSSR count). The molecule has 1 aliphatic rings. The van der Waals surface area contributed by atoms with Crippen molar-refractivity contribution in [3.63, 3.8) is 0 Å². The van der Waals surface area contributed by atoms with Gasteiger partial charge in [0.25, 0.3) is 0 Å². The number of urea groups is 1. The largest absolute Gasteiger partial charge is 0.378 e. The number of hydrogen-bond acceptors (Lipinski definition) is 3. The number of ether oxygens (including phenoxy) is 1. The maximum absolute atomic E-state index is 11.7. The van der Waals surface area contributed by atoms with Gasteiger partial charge in [-0.15, -0.1) is 0 Å². The van der Waals surface area contributed by atoms with E-state index in [2.05, 4.69) is 22.1 Å². The Morgan fingerprint density at radius 3 is 3.00 bits per heavy atom. The smallest absolute Gasteiger partial charge is 0.317 e. The monoisotopic (exact) mass is 240 g/mol. The van der Waals surface area contributed by atoms with Crippen LogP contribution < -0.4 is 5.32 Å². The van der Waals surface area contributed by atoms with Crippen LogP contribution in [0.1, 0.15) is 5.56 Å². The van der Waals surface area contributed by atoms with Gasteiger partial charge in [0.05, 0.1) is 13.2 Å². The minimum Gasteiger partial charge on any atom is -0.378 e. The van der Waals surface area contributed by atoms with Crippen molar-refractivity contribution in [2.45, 2.75) is 6.42 Å². The Hall–Kier alpha value is -1.07. The Balaban J connectivity index is 1.67. The number of nitrogens with one attached hydrogen (secondary N) is 1. The predicted molar refractivity (Wildman–Crippen MR) is 63.8 cm³/mol. The van der Waals surface area contributed by atoms with Gasteiger partial charge >= 0.3 is 6.03 Å². The van der Waals surface area contributed by atoms with Crippen LogP contribution in [0, 0.1) is 0 Å². The van der Waals surface area contributed by atoms with Crippen LogP contribution >= 0.6 is 11.3 Å². The average Bonchev–Trinajstić information content (AvgIpc) is 2.83. The van der Waals surface area contributed by atoms with Gasteiger partial charge in [-0.3, -0.25) is 0 Å². The second kappa shape index (κ2) is 5.86. The predicted octanol–water partition coefficient (Wildman–Crippen LogP) is 1.33. The van der Waals surface area contributed by atoms with Crippen molar-refractivity contribution in [2.24, 2.45) is 0 Å². The topological polar surface area (TPSA) is 41.6 Å². The fourth-order valence-electron chi connectivity index (χ4n) is 1.63. The van der Waals surface area contributed by atoms with Gasteiger partial charge in [-0.05, 0) is 28.8 Å². The number of morpholine rings is 1. The maximum Gasteiger partial charge on any atom is 0.317 e. The molecule has 0 bridgehead atoms. The lowest BCUT2D eigenvalue weighted by atomic mass is 10.2. The van der Waals surface area contributed by atoms with E-state index in [4.69, 9.17) is 4.74 Å². The number of carbonyl (C=O) groups excluding carboxylic acids is 1. The Labute approximate surface area is 99.2 Å². The zero-order valence-corrected chi connectivity index (χ0v) is 9.96. The van der Waals surface area contributed by atoms with Gasteiger partial charge in [0.1, 0.15) is 0 Å². The first-order valence-electron chi connectivity index (χ1n) is 5.48. The standard InChI is InChI=1S/C11H16N2O2S/c14-11(13-4-6-15-7-5-13)12-3-1-10-2-8-16-9-10/h2,8-9H,1,3-7H2,(H,12,14). The van der Waals surface area contributed by atoms with Crippen LogP contribution in [0.2, 0.25) is 0 Å². The van der Waals surface area contributed by atoms with Gasteiger partial charge in [-0.2, -0.15) is 11.3 Å². The van der Waals surface area contributed by atoms with Crippen molar-refractivity contribution >= 4 is 17.4 Å². The number of carbonyl (C=O) groups is 1. The molecular weight excluding hydrogens is 224 g/mol. The fraction of sp³-hybridized carbons (Fsp3) is 0.545. The zero-order valence-electron chi connectivity index (χ0n) is 9.15. The lowest BCUT2D eigenvalue weighted by Gasteiger charge is -2.26. The molecule has 0 atom stereocenters. The van der Waals surface area contributed by atoms with Crippen LogP contribution in [0.15, 0.2) is 16.8 Å². The van der Waals surface area contributed by atoms with Crippen LogP contribution in [0.25, 0.3) is 0 Å². The third kappa shape index (κ3) is 3.21. The first-order valence-corrected chi connectivity index (χ1v) is 6.42. The molecule has 1 aromatic heterocycles. The summed E-state index contributed by atoms with van der Waals surface area (Å²) in [6.45, 7) is 3.40. The molecule has 2 heterocycles. The van der Waals surface area contributed by atoms with Crippen molar-refractivity contribution in [3.05, 3.63) is 22.4 Å². The van der Waals surface area contributed by atoms with E-state index in [0.717, 1.165) is 6.42 Å². The van der Waals surface area contributed by atoms with E-state index in [1.807, 2.05) is 0 Å². The van der Waals surface area contributed by atoms with Gasteiger partial charge in [-0.25, -0.2) is 4.79 Å². The molecule has 2 amide bonds. The van der Waals surface area contributed by atoms with Crippen molar-refractivity contribution in [3.8, 4) is 0 Å². The molecule has 4 nitrogen and oxygen atoms in total. The molecule has 1 aromatic rings. The summed E-state index contributed by atoms with van der Waals surface area (Å²) in [4.78, 5) is 13.5. The van der Waals surface area contributed by atoms with Gasteiger partial charge < -0.3 is 15.0 Å². The molecule has 0 spiro atoms. The summed E-state index contributed by atoms with van der Waals surface area (Å²) >= 11 is 1.69. The van der Waals surface area contributed by atoms with E-state index in [-0.39, 0.29) is 6.03 Å².